The lowest BCUT2D eigenvalue weighted by Gasteiger charge is -2.20. The topological polar surface area (TPSA) is 54.6 Å². The number of hydrogen-bond donors (Lipinski definition) is 0. The highest BCUT2D eigenvalue weighted by atomic mass is 16.7. The molecule has 0 radical (unpaired) electrons. The van der Waals surface area contributed by atoms with Crippen LogP contribution in [0.2, 0.25) is 0 Å². The summed E-state index contributed by atoms with van der Waals surface area (Å²) in [6.07, 6.45) is 1.54. The second-order valence-corrected chi connectivity index (χ2v) is 4.69. The van der Waals surface area contributed by atoms with E-state index in [-0.39, 0.29) is 5.60 Å². The molecule has 0 saturated carbocycles. The van der Waals surface area contributed by atoms with Crippen molar-refractivity contribution in [2.45, 2.75) is 25.4 Å². The van der Waals surface area contributed by atoms with Crippen LogP contribution in [0.4, 0.5) is 0 Å². The Hall–Kier alpha value is -1.86. The van der Waals surface area contributed by atoms with E-state index >= 15 is 0 Å². The van der Waals surface area contributed by atoms with Crippen LogP contribution in [0.15, 0.2) is 29.4 Å². The van der Waals surface area contributed by atoms with Gasteiger partial charge >= 0.3 is 0 Å². The van der Waals surface area contributed by atoms with Crippen molar-refractivity contribution in [2.75, 3.05) is 13.7 Å². The average Bonchev–Trinajstić information content (AvgIpc) is 2.80. The highest BCUT2D eigenvalue weighted by Gasteiger charge is 2.34. The molecule has 1 atom stereocenters. The van der Waals surface area contributed by atoms with Crippen LogP contribution in [0, 0.1) is 11.3 Å². The predicted molar refractivity (Wildman–Crippen MR) is 68.3 cm³/mol. The van der Waals surface area contributed by atoms with Gasteiger partial charge in [0, 0.05) is 25.5 Å². The minimum Gasteiger partial charge on any atom is -0.389 e. The molecule has 94 valence electrons. The summed E-state index contributed by atoms with van der Waals surface area (Å²) in [5, 5.41) is 13.0. The Bertz CT molecular complexity index is 505. The maximum Gasteiger partial charge on any atom is 0.142 e. The van der Waals surface area contributed by atoms with Crippen molar-refractivity contribution in [1.82, 2.24) is 0 Å². The number of nitriles is 1. The Morgan fingerprint density at radius 1 is 1.56 bits per heavy atom. The molecule has 0 aromatic heterocycles. The Kier molecular flexibility index (Phi) is 3.63. The molecule has 1 aliphatic rings. The van der Waals surface area contributed by atoms with Gasteiger partial charge in [-0.1, -0.05) is 17.3 Å². The van der Waals surface area contributed by atoms with Crippen molar-refractivity contribution in [3.63, 3.8) is 0 Å². The fourth-order valence-electron chi connectivity index (χ4n) is 1.96. The van der Waals surface area contributed by atoms with Crippen molar-refractivity contribution in [3.8, 4) is 6.07 Å². The molecule has 2 rings (SSSR count). The normalized spacial score (nSPS) is 22.2. The zero-order chi connectivity index (χ0) is 13.0. The Balaban J connectivity index is 2.10. The SMILES string of the molecule is COCCC1(C)CC(c2cccc(C#N)c2)=NO1. The van der Waals surface area contributed by atoms with E-state index in [9.17, 15) is 0 Å². The Morgan fingerprint density at radius 2 is 2.39 bits per heavy atom. The summed E-state index contributed by atoms with van der Waals surface area (Å²) in [4.78, 5) is 5.51. The lowest BCUT2D eigenvalue weighted by atomic mass is 9.93. The van der Waals surface area contributed by atoms with Crippen molar-refractivity contribution in [1.29, 1.82) is 5.26 Å². The van der Waals surface area contributed by atoms with Gasteiger partial charge < -0.3 is 9.57 Å². The van der Waals surface area contributed by atoms with Gasteiger partial charge in [0.1, 0.15) is 5.60 Å². The second-order valence-electron chi connectivity index (χ2n) is 4.69. The highest BCUT2D eigenvalue weighted by molar-refractivity contribution is 6.01. The molecule has 0 amide bonds. The molecule has 1 unspecified atom stereocenters. The van der Waals surface area contributed by atoms with Gasteiger partial charge in [0.05, 0.1) is 24.0 Å². The first-order chi connectivity index (χ1) is 8.67. The third-order valence-electron chi connectivity index (χ3n) is 3.08. The highest BCUT2D eigenvalue weighted by Crippen LogP contribution is 2.29. The van der Waals surface area contributed by atoms with E-state index in [4.69, 9.17) is 14.8 Å². The van der Waals surface area contributed by atoms with Crippen molar-refractivity contribution in [3.05, 3.63) is 35.4 Å². The fourth-order valence-corrected chi connectivity index (χ4v) is 1.96. The molecule has 0 N–H and O–H groups in total. The average molecular weight is 244 g/mol. The lowest BCUT2D eigenvalue weighted by molar-refractivity contribution is -0.0247. The van der Waals surface area contributed by atoms with E-state index < -0.39 is 0 Å². The summed E-state index contributed by atoms with van der Waals surface area (Å²) in [5.74, 6) is 0. The number of benzene rings is 1. The molecular formula is C14H16N2O2. The van der Waals surface area contributed by atoms with E-state index in [1.165, 1.54) is 0 Å². The Labute approximate surface area is 107 Å². The van der Waals surface area contributed by atoms with Crippen LogP contribution in [-0.2, 0) is 9.57 Å². The van der Waals surface area contributed by atoms with Gasteiger partial charge in [-0.3, -0.25) is 0 Å². The van der Waals surface area contributed by atoms with Gasteiger partial charge in [-0.25, -0.2) is 0 Å². The monoisotopic (exact) mass is 244 g/mol. The predicted octanol–water partition coefficient (Wildman–Crippen LogP) is 2.48. The van der Waals surface area contributed by atoms with Crippen molar-refractivity contribution < 1.29 is 9.57 Å². The fraction of sp³-hybridized carbons (Fsp3) is 0.429. The molecule has 1 aromatic carbocycles. The summed E-state index contributed by atoms with van der Waals surface area (Å²) in [6.45, 7) is 2.67. The minimum absolute atomic E-state index is 0.298. The third-order valence-corrected chi connectivity index (χ3v) is 3.08. The second kappa shape index (κ2) is 5.19. The van der Waals surface area contributed by atoms with Crippen molar-refractivity contribution >= 4 is 5.71 Å². The van der Waals surface area contributed by atoms with Crippen LogP contribution in [0.5, 0.6) is 0 Å². The number of nitrogens with zero attached hydrogens (tertiary/aromatic N) is 2. The summed E-state index contributed by atoms with van der Waals surface area (Å²) < 4.78 is 5.07. The zero-order valence-electron chi connectivity index (χ0n) is 10.6. The van der Waals surface area contributed by atoms with Crippen LogP contribution in [0.25, 0.3) is 0 Å². The number of ether oxygens (including phenoxy) is 1. The van der Waals surface area contributed by atoms with Gasteiger partial charge in [-0.2, -0.15) is 5.26 Å². The summed E-state index contributed by atoms with van der Waals surface area (Å²) in [7, 11) is 1.68. The molecule has 0 fully saturated rings. The summed E-state index contributed by atoms with van der Waals surface area (Å²) in [5.41, 5.74) is 2.19. The molecule has 1 aromatic rings. The van der Waals surface area contributed by atoms with Gasteiger partial charge in [-0.15, -0.1) is 0 Å². The largest absolute Gasteiger partial charge is 0.389 e. The number of hydrogen-bond acceptors (Lipinski definition) is 4. The standard InChI is InChI=1S/C14H16N2O2/c1-14(6-7-17-2)9-13(16-18-14)12-5-3-4-11(8-12)10-15/h3-5,8H,6-7,9H2,1-2H3. The Morgan fingerprint density at radius 3 is 3.11 bits per heavy atom. The van der Waals surface area contributed by atoms with Crippen LogP contribution >= 0.6 is 0 Å². The van der Waals surface area contributed by atoms with E-state index in [1.807, 2.05) is 25.1 Å². The molecule has 0 spiro atoms. The van der Waals surface area contributed by atoms with Gasteiger partial charge in [0.25, 0.3) is 0 Å². The first-order valence-electron chi connectivity index (χ1n) is 5.91. The van der Waals surface area contributed by atoms with Gasteiger partial charge in [0.15, 0.2) is 0 Å². The van der Waals surface area contributed by atoms with E-state index in [1.54, 1.807) is 13.2 Å². The molecule has 0 aliphatic carbocycles. The molecule has 0 bridgehead atoms. The van der Waals surface area contributed by atoms with E-state index in [0.717, 1.165) is 24.1 Å². The zero-order valence-corrected chi connectivity index (χ0v) is 10.6. The molecule has 4 nitrogen and oxygen atoms in total. The van der Waals surface area contributed by atoms with Crippen LogP contribution in [0.1, 0.15) is 30.9 Å². The van der Waals surface area contributed by atoms with Crippen LogP contribution < -0.4 is 0 Å². The lowest BCUT2D eigenvalue weighted by Crippen LogP contribution is -2.26. The molecular weight excluding hydrogens is 228 g/mol. The molecule has 1 aliphatic heterocycles. The summed E-state index contributed by atoms with van der Waals surface area (Å²) in [6, 6.07) is 9.56. The first kappa shape index (κ1) is 12.6. The molecule has 18 heavy (non-hydrogen) atoms. The molecule has 1 heterocycles. The third kappa shape index (κ3) is 2.69. The van der Waals surface area contributed by atoms with Gasteiger partial charge in [-0.05, 0) is 19.1 Å². The van der Waals surface area contributed by atoms with Crippen molar-refractivity contribution in [2.24, 2.45) is 5.16 Å². The minimum atomic E-state index is -0.298. The molecule has 0 saturated heterocycles. The number of oxime groups is 1. The summed E-state index contributed by atoms with van der Waals surface area (Å²) >= 11 is 0. The van der Waals surface area contributed by atoms with Gasteiger partial charge in [0.2, 0.25) is 0 Å². The number of methoxy groups -OCH3 is 1. The van der Waals surface area contributed by atoms with E-state index in [0.29, 0.717) is 12.2 Å². The van der Waals surface area contributed by atoms with E-state index in [2.05, 4.69) is 11.2 Å². The van der Waals surface area contributed by atoms with Crippen LogP contribution in [0.3, 0.4) is 0 Å². The first-order valence-corrected chi connectivity index (χ1v) is 5.91. The smallest absolute Gasteiger partial charge is 0.142 e. The maximum absolute atomic E-state index is 8.89. The quantitative estimate of drug-likeness (QED) is 0.817. The maximum atomic E-state index is 8.89. The number of rotatable bonds is 4. The van der Waals surface area contributed by atoms with Crippen LogP contribution in [-0.4, -0.2) is 25.0 Å². The molecule has 4 heteroatoms.